The SMILES string of the molecule is COc1ccc2c(c1)C[C@H](C(=O)Nc1cccc(C(C)=O)c1)CO2. The zero-order valence-corrected chi connectivity index (χ0v) is 13.7. The van der Waals surface area contributed by atoms with Gasteiger partial charge in [0.2, 0.25) is 5.91 Å². The van der Waals surface area contributed by atoms with Crippen molar-refractivity contribution < 1.29 is 19.1 Å². The normalized spacial score (nSPS) is 15.8. The molecule has 1 amide bonds. The molecule has 0 unspecified atom stereocenters. The smallest absolute Gasteiger partial charge is 0.231 e. The number of Topliss-reactive ketones (excluding diaryl/α,β-unsaturated/α-hetero) is 1. The number of amides is 1. The lowest BCUT2D eigenvalue weighted by molar-refractivity contribution is -0.121. The molecule has 0 aliphatic carbocycles. The molecule has 1 aliphatic heterocycles. The van der Waals surface area contributed by atoms with Gasteiger partial charge in [0.15, 0.2) is 5.78 Å². The van der Waals surface area contributed by atoms with E-state index in [1.54, 1.807) is 31.4 Å². The number of carbonyl (C=O) groups is 2. The summed E-state index contributed by atoms with van der Waals surface area (Å²) in [6, 6.07) is 12.5. The van der Waals surface area contributed by atoms with Crippen LogP contribution in [0, 0.1) is 5.92 Å². The van der Waals surface area contributed by atoms with E-state index in [1.165, 1.54) is 6.92 Å². The average Bonchev–Trinajstić information content (AvgIpc) is 2.60. The summed E-state index contributed by atoms with van der Waals surface area (Å²) in [5.41, 5.74) is 2.14. The minimum Gasteiger partial charge on any atom is -0.497 e. The molecule has 124 valence electrons. The Bertz CT molecular complexity index is 785. The molecule has 1 N–H and O–H groups in total. The summed E-state index contributed by atoms with van der Waals surface area (Å²) in [6.45, 7) is 1.83. The van der Waals surface area contributed by atoms with E-state index in [2.05, 4.69) is 5.32 Å². The van der Waals surface area contributed by atoms with Crippen LogP contribution in [0.25, 0.3) is 0 Å². The van der Waals surface area contributed by atoms with Crippen molar-refractivity contribution in [2.75, 3.05) is 19.0 Å². The van der Waals surface area contributed by atoms with Gasteiger partial charge >= 0.3 is 0 Å². The van der Waals surface area contributed by atoms with Gasteiger partial charge in [-0.1, -0.05) is 12.1 Å². The molecule has 1 heterocycles. The topological polar surface area (TPSA) is 64.6 Å². The second kappa shape index (κ2) is 6.74. The minimum absolute atomic E-state index is 0.0341. The maximum absolute atomic E-state index is 12.5. The third-order valence-electron chi connectivity index (χ3n) is 4.08. The lowest BCUT2D eigenvalue weighted by Crippen LogP contribution is -2.32. The number of methoxy groups -OCH3 is 1. The summed E-state index contributed by atoms with van der Waals surface area (Å²) in [5.74, 6) is 1.09. The number of nitrogens with one attached hydrogen (secondary N) is 1. The maximum atomic E-state index is 12.5. The maximum Gasteiger partial charge on any atom is 0.231 e. The van der Waals surface area contributed by atoms with Crippen LogP contribution in [0.3, 0.4) is 0 Å². The van der Waals surface area contributed by atoms with E-state index in [0.29, 0.717) is 24.3 Å². The van der Waals surface area contributed by atoms with Crippen LogP contribution in [0.4, 0.5) is 5.69 Å². The van der Waals surface area contributed by atoms with Crippen LogP contribution < -0.4 is 14.8 Å². The lowest BCUT2D eigenvalue weighted by atomic mass is 9.95. The summed E-state index contributed by atoms with van der Waals surface area (Å²) in [7, 11) is 1.61. The zero-order valence-electron chi connectivity index (χ0n) is 13.7. The number of ether oxygens (including phenoxy) is 2. The number of anilines is 1. The molecule has 0 spiro atoms. The summed E-state index contributed by atoms with van der Waals surface area (Å²) < 4.78 is 10.9. The fraction of sp³-hybridized carbons (Fsp3) is 0.263. The van der Waals surface area contributed by atoms with Gasteiger partial charge in [0.25, 0.3) is 0 Å². The van der Waals surface area contributed by atoms with Gasteiger partial charge in [-0.2, -0.15) is 0 Å². The first kappa shape index (κ1) is 16.1. The Kier molecular flexibility index (Phi) is 4.51. The molecule has 5 nitrogen and oxygen atoms in total. The molecule has 5 heteroatoms. The molecule has 1 aliphatic rings. The van der Waals surface area contributed by atoms with E-state index in [9.17, 15) is 9.59 Å². The first-order valence-electron chi connectivity index (χ1n) is 7.78. The minimum atomic E-state index is -0.286. The number of fused-ring (bicyclic) bond motifs is 1. The summed E-state index contributed by atoms with van der Waals surface area (Å²) in [4.78, 5) is 23.9. The first-order chi connectivity index (χ1) is 11.6. The van der Waals surface area contributed by atoms with Crippen LogP contribution >= 0.6 is 0 Å². The van der Waals surface area contributed by atoms with Crippen molar-refractivity contribution in [2.45, 2.75) is 13.3 Å². The molecule has 0 saturated heterocycles. The monoisotopic (exact) mass is 325 g/mol. The molecule has 0 fully saturated rings. The number of carbonyl (C=O) groups excluding carboxylic acids is 2. The van der Waals surface area contributed by atoms with Gasteiger partial charge in [0.05, 0.1) is 13.0 Å². The molecule has 1 atom stereocenters. The molecule has 24 heavy (non-hydrogen) atoms. The van der Waals surface area contributed by atoms with E-state index >= 15 is 0 Å². The highest BCUT2D eigenvalue weighted by molar-refractivity contribution is 5.97. The largest absolute Gasteiger partial charge is 0.497 e. The molecule has 0 aromatic heterocycles. The number of hydrogen-bond donors (Lipinski definition) is 1. The Morgan fingerprint density at radius 2 is 2.04 bits per heavy atom. The van der Waals surface area contributed by atoms with E-state index < -0.39 is 0 Å². The first-order valence-corrected chi connectivity index (χ1v) is 7.78. The molecule has 0 radical (unpaired) electrons. The number of benzene rings is 2. The van der Waals surface area contributed by atoms with Crippen molar-refractivity contribution in [2.24, 2.45) is 5.92 Å². The molecule has 2 aromatic rings. The number of hydrogen-bond acceptors (Lipinski definition) is 4. The van der Waals surface area contributed by atoms with E-state index in [4.69, 9.17) is 9.47 Å². The van der Waals surface area contributed by atoms with Gasteiger partial charge in [-0.05, 0) is 49.2 Å². The number of rotatable bonds is 4. The molecule has 0 saturated carbocycles. The van der Waals surface area contributed by atoms with Gasteiger partial charge in [-0.25, -0.2) is 0 Å². The Morgan fingerprint density at radius 1 is 1.21 bits per heavy atom. The molecule has 2 aromatic carbocycles. The zero-order chi connectivity index (χ0) is 17.1. The summed E-state index contributed by atoms with van der Waals surface area (Å²) in [5, 5.41) is 2.86. The van der Waals surface area contributed by atoms with Crippen LogP contribution in [-0.2, 0) is 11.2 Å². The Labute approximate surface area is 140 Å². The van der Waals surface area contributed by atoms with Crippen molar-refractivity contribution in [3.8, 4) is 11.5 Å². The molecular weight excluding hydrogens is 306 g/mol. The Morgan fingerprint density at radius 3 is 2.79 bits per heavy atom. The Hall–Kier alpha value is -2.82. The highest BCUT2D eigenvalue weighted by atomic mass is 16.5. The predicted octanol–water partition coefficient (Wildman–Crippen LogP) is 3.09. The van der Waals surface area contributed by atoms with Crippen LogP contribution in [-0.4, -0.2) is 25.4 Å². The predicted molar refractivity (Wildman–Crippen MR) is 90.8 cm³/mol. The van der Waals surface area contributed by atoms with E-state index in [1.807, 2.05) is 18.2 Å². The third-order valence-corrected chi connectivity index (χ3v) is 4.08. The summed E-state index contributed by atoms with van der Waals surface area (Å²) >= 11 is 0. The summed E-state index contributed by atoms with van der Waals surface area (Å²) in [6.07, 6.45) is 0.588. The van der Waals surface area contributed by atoms with Crippen LogP contribution in [0.15, 0.2) is 42.5 Å². The van der Waals surface area contributed by atoms with Gasteiger partial charge in [0.1, 0.15) is 18.1 Å². The third kappa shape index (κ3) is 3.40. The van der Waals surface area contributed by atoms with Crippen LogP contribution in [0.2, 0.25) is 0 Å². The second-order valence-electron chi connectivity index (χ2n) is 5.81. The fourth-order valence-corrected chi connectivity index (χ4v) is 2.73. The fourth-order valence-electron chi connectivity index (χ4n) is 2.73. The highest BCUT2D eigenvalue weighted by Crippen LogP contribution is 2.31. The molecule has 3 rings (SSSR count). The highest BCUT2D eigenvalue weighted by Gasteiger charge is 2.26. The Balaban J connectivity index is 1.72. The van der Waals surface area contributed by atoms with Crippen LogP contribution in [0.5, 0.6) is 11.5 Å². The van der Waals surface area contributed by atoms with Crippen molar-refractivity contribution in [3.05, 3.63) is 53.6 Å². The van der Waals surface area contributed by atoms with Crippen molar-refractivity contribution >= 4 is 17.4 Å². The van der Waals surface area contributed by atoms with Gasteiger partial charge in [-0.15, -0.1) is 0 Å². The molecule has 0 bridgehead atoms. The van der Waals surface area contributed by atoms with Crippen LogP contribution in [0.1, 0.15) is 22.8 Å². The average molecular weight is 325 g/mol. The van der Waals surface area contributed by atoms with Crippen molar-refractivity contribution in [1.82, 2.24) is 0 Å². The quantitative estimate of drug-likeness (QED) is 0.877. The van der Waals surface area contributed by atoms with Gasteiger partial charge in [-0.3, -0.25) is 9.59 Å². The van der Waals surface area contributed by atoms with Gasteiger partial charge < -0.3 is 14.8 Å². The van der Waals surface area contributed by atoms with Gasteiger partial charge in [0, 0.05) is 11.3 Å². The lowest BCUT2D eigenvalue weighted by Gasteiger charge is -2.25. The van der Waals surface area contributed by atoms with Crippen molar-refractivity contribution in [3.63, 3.8) is 0 Å². The van der Waals surface area contributed by atoms with E-state index in [0.717, 1.165) is 17.1 Å². The second-order valence-corrected chi connectivity index (χ2v) is 5.81. The molecular formula is C19H19NO4. The number of ketones is 1. The van der Waals surface area contributed by atoms with Crippen molar-refractivity contribution in [1.29, 1.82) is 0 Å². The van der Waals surface area contributed by atoms with E-state index in [-0.39, 0.29) is 17.6 Å². The standard InChI is InChI=1S/C19H19NO4/c1-12(21)13-4-3-5-16(9-13)20-19(22)15-8-14-10-17(23-2)6-7-18(14)24-11-15/h3-7,9-10,15H,8,11H2,1-2H3,(H,20,22)/t15-/m0/s1.